The van der Waals surface area contributed by atoms with Gasteiger partial charge in [0.15, 0.2) is 0 Å². The molecule has 2 heteroatoms. The van der Waals surface area contributed by atoms with Gasteiger partial charge in [0.05, 0.1) is 0 Å². The molecule has 0 spiro atoms. The van der Waals surface area contributed by atoms with Crippen LogP contribution in [0, 0.1) is 0 Å². The zero-order chi connectivity index (χ0) is 8.32. The van der Waals surface area contributed by atoms with Crippen molar-refractivity contribution in [3.05, 3.63) is 0 Å². The van der Waals surface area contributed by atoms with Crippen LogP contribution in [-0.4, -0.2) is 11.4 Å². The minimum atomic E-state index is 0.145. The summed E-state index contributed by atoms with van der Waals surface area (Å²) in [4.78, 5) is 10.6. The molecule has 1 fully saturated rings. The average molecular weight is 155 g/mol. The summed E-state index contributed by atoms with van der Waals surface area (Å²) >= 11 is 0. The van der Waals surface area contributed by atoms with Crippen LogP contribution in [0.25, 0.3) is 0 Å². The van der Waals surface area contributed by atoms with Gasteiger partial charge in [-0.3, -0.25) is 4.79 Å². The van der Waals surface area contributed by atoms with Crippen molar-refractivity contribution in [2.45, 2.75) is 51.5 Å². The van der Waals surface area contributed by atoms with Crippen molar-refractivity contribution in [1.82, 2.24) is 5.32 Å². The molecule has 0 saturated carbocycles. The van der Waals surface area contributed by atoms with Crippen molar-refractivity contribution in [3.63, 3.8) is 0 Å². The van der Waals surface area contributed by atoms with Gasteiger partial charge in [-0.15, -0.1) is 0 Å². The lowest BCUT2D eigenvalue weighted by atomic mass is 9.84. The molecule has 0 aromatic rings. The van der Waals surface area contributed by atoms with Crippen molar-refractivity contribution in [3.8, 4) is 0 Å². The smallest absolute Gasteiger partial charge is 0.222 e. The second kappa shape index (κ2) is 3.24. The van der Waals surface area contributed by atoms with Gasteiger partial charge in [0.2, 0.25) is 5.91 Å². The number of carbonyl (C=O) groups is 1. The molecule has 1 saturated heterocycles. The van der Waals surface area contributed by atoms with Gasteiger partial charge >= 0.3 is 0 Å². The molecule has 1 aliphatic rings. The Balaban J connectivity index is 2.11. The van der Waals surface area contributed by atoms with Crippen LogP contribution in [-0.2, 0) is 4.79 Å². The largest absolute Gasteiger partial charge is 0.350 e. The van der Waals surface area contributed by atoms with E-state index in [1.54, 1.807) is 0 Å². The highest BCUT2D eigenvalue weighted by Gasteiger charge is 2.36. The standard InChI is InChI=1S/C9H17NO/c1-3-4-5-6-9(2)7-8(11)10-9/h3-7H2,1-2H3,(H,10,11). The van der Waals surface area contributed by atoms with E-state index < -0.39 is 0 Å². The van der Waals surface area contributed by atoms with Crippen LogP contribution in [0.5, 0.6) is 0 Å². The number of carbonyl (C=O) groups excluding carboxylic acids is 1. The predicted molar refractivity (Wildman–Crippen MR) is 45.3 cm³/mol. The maximum absolute atomic E-state index is 10.6. The van der Waals surface area contributed by atoms with E-state index >= 15 is 0 Å². The van der Waals surface area contributed by atoms with E-state index in [1.807, 2.05) is 0 Å². The van der Waals surface area contributed by atoms with Gasteiger partial charge in [-0.05, 0) is 13.3 Å². The van der Waals surface area contributed by atoms with E-state index in [2.05, 4.69) is 19.2 Å². The summed E-state index contributed by atoms with van der Waals surface area (Å²) in [5.74, 6) is 0.212. The van der Waals surface area contributed by atoms with Crippen LogP contribution in [0.1, 0.15) is 46.0 Å². The lowest BCUT2D eigenvalue weighted by Gasteiger charge is -2.39. The van der Waals surface area contributed by atoms with Crippen molar-refractivity contribution >= 4 is 5.91 Å². The summed E-state index contributed by atoms with van der Waals surface area (Å²) in [6.07, 6.45) is 5.66. The van der Waals surface area contributed by atoms with Crippen molar-refractivity contribution in [2.24, 2.45) is 0 Å². The van der Waals surface area contributed by atoms with Crippen LogP contribution in [0.2, 0.25) is 0 Å². The summed E-state index contributed by atoms with van der Waals surface area (Å²) in [6.45, 7) is 4.33. The van der Waals surface area contributed by atoms with Gasteiger partial charge in [-0.1, -0.05) is 26.2 Å². The third kappa shape index (κ3) is 2.21. The number of amides is 1. The van der Waals surface area contributed by atoms with Gasteiger partial charge in [-0.2, -0.15) is 0 Å². The maximum atomic E-state index is 10.6. The maximum Gasteiger partial charge on any atom is 0.222 e. The first-order valence-electron chi connectivity index (χ1n) is 4.47. The van der Waals surface area contributed by atoms with E-state index in [1.165, 1.54) is 19.3 Å². The fraction of sp³-hybridized carbons (Fsp3) is 0.889. The Labute approximate surface area is 68.4 Å². The normalized spacial score (nSPS) is 29.5. The van der Waals surface area contributed by atoms with Crippen LogP contribution in [0.15, 0.2) is 0 Å². The van der Waals surface area contributed by atoms with E-state index in [9.17, 15) is 4.79 Å². The Bertz CT molecular complexity index is 146. The molecule has 11 heavy (non-hydrogen) atoms. The summed E-state index contributed by atoms with van der Waals surface area (Å²) < 4.78 is 0. The molecule has 0 bridgehead atoms. The molecular weight excluding hydrogens is 138 g/mol. The van der Waals surface area contributed by atoms with E-state index in [0.29, 0.717) is 0 Å². The quantitative estimate of drug-likeness (QED) is 0.487. The zero-order valence-corrected chi connectivity index (χ0v) is 7.44. The van der Waals surface area contributed by atoms with Gasteiger partial charge in [0, 0.05) is 12.0 Å². The predicted octanol–water partition coefficient (Wildman–Crippen LogP) is 1.85. The van der Waals surface area contributed by atoms with E-state index in [4.69, 9.17) is 0 Å². The third-order valence-electron chi connectivity index (χ3n) is 2.32. The average Bonchev–Trinajstić information content (AvgIpc) is 1.85. The van der Waals surface area contributed by atoms with Crippen LogP contribution >= 0.6 is 0 Å². The summed E-state index contributed by atoms with van der Waals surface area (Å²) in [7, 11) is 0. The van der Waals surface area contributed by atoms with Gasteiger partial charge in [-0.25, -0.2) is 0 Å². The van der Waals surface area contributed by atoms with Gasteiger partial charge < -0.3 is 5.32 Å². The Hall–Kier alpha value is -0.530. The Morgan fingerprint density at radius 2 is 2.18 bits per heavy atom. The minimum absolute atomic E-state index is 0.145. The molecule has 64 valence electrons. The molecule has 0 aliphatic carbocycles. The molecule has 0 aromatic heterocycles. The zero-order valence-electron chi connectivity index (χ0n) is 7.44. The van der Waals surface area contributed by atoms with Crippen molar-refractivity contribution in [1.29, 1.82) is 0 Å². The molecule has 1 atom stereocenters. The highest BCUT2D eigenvalue weighted by Crippen LogP contribution is 2.25. The fourth-order valence-corrected chi connectivity index (χ4v) is 1.59. The first-order chi connectivity index (χ1) is 5.16. The molecule has 1 rings (SSSR count). The topological polar surface area (TPSA) is 29.1 Å². The third-order valence-corrected chi connectivity index (χ3v) is 2.32. The number of β-lactam (4-membered cyclic amide) rings is 1. The first kappa shape index (κ1) is 8.57. The minimum Gasteiger partial charge on any atom is -0.350 e. The fourth-order valence-electron chi connectivity index (χ4n) is 1.59. The van der Waals surface area contributed by atoms with E-state index in [-0.39, 0.29) is 11.4 Å². The molecular formula is C9H17NO. The number of hydrogen-bond donors (Lipinski definition) is 1. The molecule has 1 heterocycles. The molecule has 1 aliphatic heterocycles. The number of nitrogens with one attached hydrogen (secondary N) is 1. The first-order valence-corrected chi connectivity index (χ1v) is 4.47. The molecule has 1 N–H and O–H groups in total. The summed E-state index contributed by atoms with van der Waals surface area (Å²) in [6, 6.07) is 0. The number of rotatable bonds is 4. The van der Waals surface area contributed by atoms with E-state index in [0.717, 1.165) is 12.8 Å². The second-order valence-corrected chi connectivity index (χ2v) is 3.74. The van der Waals surface area contributed by atoms with Crippen molar-refractivity contribution in [2.75, 3.05) is 0 Å². The summed E-state index contributed by atoms with van der Waals surface area (Å²) in [5.41, 5.74) is 0.145. The highest BCUT2D eigenvalue weighted by molar-refractivity contribution is 5.84. The van der Waals surface area contributed by atoms with Gasteiger partial charge in [0.25, 0.3) is 0 Å². The molecule has 1 amide bonds. The Morgan fingerprint density at radius 3 is 2.64 bits per heavy atom. The molecule has 2 nitrogen and oxygen atoms in total. The second-order valence-electron chi connectivity index (χ2n) is 3.74. The van der Waals surface area contributed by atoms with Gasteiger partial charge in [0.1, 0.15) is 0 Å². The summed E-state index contributed by atoms with van der Waals surface area (Å²) in [5, 5.41) is 2.94. The van der Waals surface area contributed by atoms with Crippen molar-refractivity contribution < 1.29 is 4.79 Å². The highest BCUT2D eigenvalue weighted by atomic mass is 16.2. The molecule has 0 radical (unpaired) electrons. The van der Waals surface area contributed by atoms with Crippen LogP contribution in [0.3, 0.4) is 0 Å². The monoisotopic (exact) mass is 155 g/mol. The Morgan fingerprint density at radius 1 is 1.55 bits per heavy atom. The SMILES string of the molecule is CCCCCC1(C)CC(=O)N1. The molecule has 0 aromatic carbocycles. The number of hydrogen-bond acceptors (Lipinski definition) is 1. The van der Waals surface area contributed by atoms with Crippen LogP contribution in [0.4, 0.5) is 0 Å². The lowest BCUT2D eigenvalue weighted by molar-refractivity contribution is -0.132. The molecule has 1 unspecified atom stereocenters. The number of unbranched alkanes of at least 4 members (excludes halogenated alkanes) is 2. The lowest BCUT2D eigenvalue weighted by Crippen LogP contribution is -2.58. The van der Waals surface area contributed by atoms with Crippen LogP contribution < -0.4 is 5.32 Å². The Kier molecular flexibility index (Phi) is 2.53.